The van der Waals surface area contributed by atoms with Gasteiger partial charge in [-0.05, 0) is 31.5 Å². The molecule has 0 aliphatic rings. The highest BCUT2D eigenvalue weighted by Gasteiger charge is 2.19. The van der Waals surface area contributed by atoms with Crippen LogP contribution in [0.5, 0.6) is 0 Å². The van der Waals surface area contributed by atoms with E-state index < -0.39 is 11.6 Å². The number of benzene rings is 2. The van der Waals surface area contributed by atoms with E-state index in [0.717, 1.165) is 17.2 Å². The predicted molar refractivity (Wildman–Crippen MR) is 87.3 cm³/mol. The van der Waals surface area contributed by atoms with Crippen molar-refractivity contribution in [1.29, 1.82) is 0 Å². The summed E-state index contributed by atoms with van der Waals surface area (Å²) in [5.41, 5.74) is 3.88. The maximum absolute atomic E-state index is 14.3. The topological polar surface area (TPSA) is 25.8 Å². The minimum absolute atomic E-state index is 0.0803. The first-order chi connectivity index (χ1) is 11.0. The van der Waals surface area contributed by atoms with E-state index in [0.29, 0.717) is 16.8 Å². The van der Waals surface area contributed by atoms with E-state index in [-0.39, 0.29) is 10.7 Å². The Labute approximate surface area is 137 Å². The molecule has 2 aromatic carbocycles. The van der Waals surface area contributed by atoms with Gasteiger partial charge in [0.1, 0.15) is 11.6 Å². The average Bonchev–Trinajstić information content (AvgIpc) is 2.51. The van der Waals surface area contributed by atoms with Crippen LogP contribution in [0.25, 0.3) is 22.3 Å². The van der Waals surface area contributed by atoms with Crippen molar-refractivity contribution in [3.63, 3.8) is 0 Å². The number of hydrogen-bond donors (Lipinski definition) is 0. The summed E-state index contributed by atoms with van der Waals surface area (Å²) in [7, 11) is 0. The van der Waals surface area contributed by atoms with Crippen LogP contribution in [-0.4, -0.2) is 10.2 Å². The van der Waals surface area contributed by atoms with E-state index in [4.69, 9.17) is 11.6 Å². The van der Waals surface area contributed by atoms with Crippen LogP contribution in [0, 0.1) is 25.5 Å². The lowest BCUT2D eigenvalue weighted by Crippen LogP contribution is -1.99. The van der Waals surface area contributed by atoms with Gasteiger partial charge in [-0.2, -0.15) is 5.10 Å². The molecule has 0 atom stereocenters. The molecule has 0 radical (unpaired) electrons. The summed E-state index contributed by atoms with van der Waals surface area (Å²) in [6.07, 6.45) is 0. The van der Waals surface area contributed by atoms with Gasteiger partial charge < -0.3 is 0 Å². The largest absolute Gasteiger partial charge is 0.207 e. The molecule has 3 aromatic rings. The number of aryl methyl sites for hydroxylation is 2. The summed E-state index contributed by atoms with van der Waals surface area (Å²) in [6.45, 7) is 3.76. The average molecular weight is 331 g/mol. The zero-order valence-corrected chi connectivity index (χ0v) is 13.3. The van der Waals surface area contributed by atoms with Gasteiger partial charge in [0.25, 0.3) is 0 Å². The molecule has 0 bridgehead atoms. The van der Waals surface area contributed by atoms with Crippen LogP contribution in [0.1, 0.15) is 11.3 Å². The summed E-state index contributed by atoms with van der Waals surface area (Å²) in [6, 6.07) is 11.1. The highest BCUT2D eigenvalue weighted by Crippen LogP contribution is 2.39. The Hall–Kier alpha value is -2.33. The first-order valence-corrected chi connectivity index (χ1v) is 7.40. The molecule has 0 saturated heterocycles. The monoisotopic (exact) mass is 330 g/mol. The normalized spacial score (nSPS) is 10.8. The third-order valence-electron chi connectivity index (χ3n) is 3.65. The molecule has 116 valence electrons. The van der Waals surface area contributed by atoms with Crippen LogP contribution >= 0.6 is 11.6 Å². The molecule has 0 fully saturated rings. The van der Waals surface area contributed by atoms with Crippen LogP contribution < -0.4 is 0 Å². The molecule has 2 nitrogen and oxygen atoms in total. The standard InChI is InChI=1S/C18H13ClF2N2/c1-10-3-5-12(6-4-10)16-11(2)22-23-18(19)17(16)14-8-7-13(20)9-15(14)21/h3-9H,1-2H3. The van der Waals surface area contributed by atoms with Gasteiger partial charge in [0, 0.05) is 22.8 Å². The van der Waals surface area contributed by atoms with Gasteiger partial charge in [-0.25, -0.2) is 8.78 Å². The summed E-state index contributed by atoms with van der Waals surface area (Å²) in [5.74, 6) is -1.33. The fourth-order valence-electron chi connectivity index (χ4n) is 2.51. The van der Waals surface area contributed by atoms with Crippen molar-refractivity contribution in [2.75, 3.05) is 0 Å². The van der Waals surface area contributed by atoms with Crippen molar-refractivity contribution in [3.8, 4) is 22.3 Å². The van der Waals surface area contributed by atoms with Crippen molar-refractivity contribution >= 4 is 11.6 Å². The van der Waals surface area contributed by atoms with E-state index in [1.165, 1.54) is 12.1 Å². The fraction of sp³-hybridized carbons (Fsp3) is 0.111. The molecule has 0 N–H and O–H groups in total. The highest BCUT2D eigenvalue weighted by molar-refractivity contribution is 6.32. The van der Waals surface area contributed by atoms with E-state index in [1.54, 1.807) is 6.92 Å². The molecule has 1 heterocycles. The van der Waals surface area contributed by atoms with E-state index >= 15 is 0 Å². The van der Waals surface area contributed by atoms with Gasteiger partial charge in [-0.3, -0.25) is 0 Å². The van der Waals surface area contributed by atoms with Crippen LogP contribution in [0.15, 0.2) is 42.5 Å². The Morgan fingerprint density at radius 2 is 1.57 bits per heavy atom. The maximum atomic E-state index is 14.3. The Morgan fingerprint density at radius 1 is 0.870 bits per heavy atom. The molecule has 0 amide bonds. The Kier molecular flexibility index (Phi) is 4.09. The zero-order valence-electron chi connectivity index (χ0n) is 12.6. The summed E-state index contributed by atoms with van der Waals surface area (Å²) in [4.78, 5) is 0. The van der Waals surface area contributed by atoms with Crippen molar-refractivity contribution in [1.82, 2.24) is 10.2 Å². The third kappa shape index (κ3) is 2.94. The van der Waals surface area contributed by atoms with E-state index in [2.05, 4.69) is 10.2 Å². The number of hydrogen-bond acceptors (Lipinski definition) is 2. The molecule has 1 aromatic heterocycles. The lowest BCUT2D eigenvalue weighted by Gasteiger charge is -2.14. The van der Waals surface area contributed by atoms with Crippen LogP contribution in [-0.2, 0) is 0 Å². The Bertz CT molecular complexity index is 877. The van der Waals surface area contributed by atoms with Gasteiger partial charge in [-0.1, -0.05) is 41.4 Å². The summed E-state index contributed by atoms with van der Waals surface area (Å²) >= 11 is 6.19. The van der Waals surface area contributed by atoms with E-state index in [9.17, 15) is 8.78 Å². The van der Waals surface area contributed by atoms with Gasteiger partial charge >= 0.3 is 0 Å². The summed E-state index contributed by atoms with van der Waals surface area (Å²) < 4.78 is 27.5. The minimum atomic E-state index is -0.687. The fourth-order valence-corrected chi connectivity index (χ4v) is 2.75. The second-order valence-corrected chi connectivity index (χ2v) is 5.67. The molecule has 3 rings (SSSR count). The smallest absolute Gasteiger partial charge is 0.160 e. The van der Waals surface area contributed by atoms with Crippen LogP contribution in [0.3, 0.4) is 0 Å². The molecule has 0 aliphatic heterocycles. The molecule has 0 saturated carbocycles. The first-order valence-electron chi connectivity index (χ1n) is 7.02. The third-order valence-corrected chi connectivity index (χ3v) is 3.91. The van der Waals surface area contributed by atoms with Crippen molar-refractivity contribution in [2.24, 2.45) is 0 Å². The van der Waals surface area contributed by atoms with Crippen LogP contribution in [0.2, 0.25) is 5.15 Å². The second kappa shape index (κ2) is 6.05. The predicted octanol–water partition coefficient (Wildman–Crippen LogP) is 5.36. The highest BCUT2D eigenvalue weighted by atomic mass is 35.5. The summed E-state index contributed by atoms with van der Waals surface area (Å²) in [5, 5.41) is 7.99. The maximum Gasteiger partial charge on any atom is 0.160 e. The van der Waals surface area contributed by atoms with Crippen molar-refractivity contribution < 1.29 is 8.78 Å². The molecular weight excluding hydrogens is 318 g/mol. The Balaban J connectivity index is 2.32. The quantitative estimate of drug-likeness (QED) is 0.632. The second-order valence-electron chi connectivity index (χ2n) is 5.32. The first kappa shape index (κ1) is 15.6. The number of aromatic nitrogens is 2. The zero-order chi connectivity index (χ0) is 16.6. The molecule has 0 spiro atoms. The van der Waals surface area contributed by atoms with Gasteiger partial charge in [0.05, 0.1) is 5.69 Å². The van der Waals surface area contributed by atoms with Gasteiger partial charge in [0.2, 0.25) is 0 Å². The molecule has 23 heavy (non-hydrogen) atoms. The number of halogens is 3. The lowest BCUT2D eigenvalue weighted by atomic mass is 9.94. The number of rotatable bonds is 2. The van der Waals surface area contributed by atoms with Crippen molar-refractivity contribution in [2.45, 2.75) is 13.8 Å². The SMILES string of the molecule is Cc1ccc(-c2c(C)nnc(Cl)c2-c2ccc(F)cc2F)cc1. The molecule has 0 unspecified atom stereocenters. The molecule has 5 heteroatoms. The minimum Gasteiger partial charge on any atom is -0.207 e. The van der Waals surface area contributed by atoms with E-state index in [1.807, 2.05) is 31.2 Å². The van der Waals surface area contributed by atoms with Crippen LogP contribution in [0.4, 0.5) is 8.78 Å². The lowest BCUT2D eigenvalue weighted by molar-refractivity contribution is 0.585. The van der Waals surface area contributed by atoms with Crippen molar-refractivity contribution in [3.05, 3.63) is 70.5 Å². The van der Waals surface area contributed by atoms with Gasteiger partial charge in [0.15, 0.2) is 5.15 Å². The molecule has 0 aliphatic carbocycles. The number of nitrogens with zero attached hydrogens (tertiary/aromatic N) is 2. The Morgan fingerprint density at radius 3 is 2.22 bits per heavy atom. The molecular formula is C18H13ClF2N2. The van der Waals surface area contributed by atoms with Gasteiger partial charge in [-0.15, -0.1) is 5.10 Å².